The van der Waals surface area contributed by atoms with Crippen LogP contribution in [0.3, 0.4) is 0 Å². The first-order chi connectivity index (χ1) is 17.4. The third-order valence-electron chi connectivity index (χ3n) is 6.65. The van der Waals surface area contributed by atoms with Gasteiger partial charge < -0.3 is 20.1 Å². The molecule has 4 rings (SSSR count). The number of piperidine rings is 1. The highest BCUT2D eigenvalue weighted by molar-refractivity contribution is 7.07. The van der Waals surface area contributed by atoms with Crippen LogP contribution >= 0.6 is 11.3 Å². The molecule has 1 saturated heterocycles. The van der Waals surface area contributed by atoms with E-state index in [0.717, 1.165) is 48.5 Å². The number of thiazole rings is 1. The highest BCUT2D eigenvalue weighted by Crippen LogP contribution is 2.34. The molecular weight excluding hydrogens is 474 g/mol. The van der Waals surface area contributed by atoms with Crippen LogP contribution in [0.2, 0.25) is 0 Å². The molecule has 10 heteroatoms. The van der Waals surface area contributed by atoms with Gasteiger partial charge in [0.15, 0.2) is 5.57 Å². The lowest BCUT2D eigenvalue weighted by atomic mass is 9.89. The van der Waals surface area contributed by atoms with Gasteiger partial charge in [-0.05, 0) is 63.5 Å². The number of anilines is 1. The molecule has 0 radical (unpaired) electrons. The third-order valence-corrected chi connectivity index (χ3v) is 7.78. The summed E-state index contributed by atoms with van der Waals surface area (Å²) in [7, 11) is 4.22. The predicted molar refractivity (Wildman–Crippen MR) is 142 cm³/mol. The molecule has 1 aliphatic heterocycles. The average molecular weight is 504 g/mol. The Bertz CT molecular complexity index is 1560. The van der Waals surface area contributed by atoms with Gasteiger partial charge in [0.1, 0.15) is 21.8 Å². The number of aromatic nitrogens is 2. The number of carbonyl (C=O) groups is 1. The summed E-state index contributed by atoms with van der Waals surface area (Å²) in [6.45, 7) is 4.09. The van der Waals surface area contributed by atoms with E-state index in [1.807, 2.05) is 18.2 Å². The molecule has 1 fully saturated rings. The summed E-state index contributed by atoms with van der Waals surface area (Å²) in [5, 5.41) is 25.1. The Balaban J connectivity index is 1.67. The lowest BCUT2D eigenvalue weighted by Gasteiger charge is -2.28. The summed E-state index contributed by atoms with van der Waals surface area (Å²) in [5.74, 6) is -0.111. The summed E-state index contributed by atoms with van der Waals surface area (Å²) in [6.07, 6.45) is 6.16. The van der Waals surface area contributed by atoms with E-state index >= 15 is 0 Å². The fraction of sp³-hybridized carbons (Fsp3) is 0.385. The van der Waals surface area contributed by atoms with Crippen LogP contribution in [0.1, 0.15) is 31.2 Å². The number of hydrogen-bond donors (Lipinski definition) is 2. The second kappa shape index (κ2) is 10.8. The number of nitrogens with zero attached hydrogens (tertiary/aromatic N) is 5. The number of nitriles is 2. The molecule has 0 saturated carbocycles. The van der Waals surface area contributed by atoms with Crippen molar-refractivity contribution in [3.8, 4) is 12.1 Å². The molecule has 1 amide bonds. The van der Waals surface area contributed by atoms with Crippen molar-refractivity contribution in [2.24, 2.45) is 7.05 Å². The summed E-state index contributed by atoms with van der Waals surface area (Å²) in [5.41, 5.74) is 2.89. The van der Waals surface area contributed by atoms with Crippen LogP contribution in [0.5, 0.6) is 0 Å². The predicted octanol–water partition coefficient (Wildman–Crippen LogP) is 1.39. The molecule has 186 valence electrons. The first kappa shape index (κ1) is 25.2. The van der Waals surface area contributed by atoms with Gasteiger partial charge >= 0.3 is 0 Å². The van der Waals surface area contributed by atoms with E-state index in [-0.39, 0.29) is 22.3 Å². The van der Waals surface area contributed by atoms with Gasteiger partial charge in [-0.3, -0.25) is 14.2 Å². The van der Waals surface area contributed by atoms with Gasteiger partial charge in [0, 0.05) is 37.1 Å². The number of likely N-dealkylation sites (tertiary alicyclic amines) is 1. The monoisotopic (exact) mass is 503 g/mol. The van der Waals surface area contributed by atoms with Crippen LogP contribution in [0.4, 0.5) is 5.69 Å². The topological polar surface area (TPSA) is 119 Å². The number of rotatable bonds is 6. The van der Waals surface area contributed by atoms with Crippen LogP contribution < -0.4 is 25.4 Å². The SMILES string of the molecule is CCn1c(=O)/c(=C\Nc2ccc3c(C4CCN(C)CC4)cn(C)c3c2)s/c1=C(/C#N)C(=O)NCC#N. The fourth-order valence-corrected chi connectivity index (χ4v) is 5.78. The summed E-state index contributed by atoms with van der Waals surface area (Å²) >= 11 is 1.07. The normalized spacial score (nSPS) is 16.0. The van der Waals surface area contributed by atoms with Crippen molar-refractivity contribution in [1.82, 2.24) is 19.4 Å². The number of carbonyl (C=O) groups excluding carboxylic acids is 1. The maximum absolute atomic E-state index is 13.0. The Morgan fingerprint density at radius 1 is 1.25 bits per heavy atom. The molecule has 2 aromatic heterocycles. The minimum atomic E-state index is -0.670. The van der Waals surface area contributed by atoms with E-state index in [1.54, 1.807) is 13.1 Å². The zero-order valence-electron chi connectivity index (χ0n) is 20.7. The van der Waals surface area contributed by atoms with E-state index in [1.165, 1.54) is 15.5 Å². The number of benzene rings is 1. The largest absolute Gasteiger partial charge is 0.360 e. The molecule has 0 bridgehead atoms. The Kier molecular flexibility index (Phi) is 7.58. The molecule has 3 heterocycles. The molecule has 0 atom stereocenters. The van der Waals surface area contributed by atoms with E-state index in [4.69, 9.17) is 5.26 Å². The lowest BCUT2D eigenvalue weighted by molar-refractivity contribution is -0.115. The molecule has 36 heavy (non-hydrogen) atoms. The minimum absolute atomic E-state index is 0.180. The molecular formula is C26H29N7O2S. The van der Waals surface area contributed by atoms with Gasteiger partial charge in [0.2, 0.25) is 0 Å². The van der Waals surface area contributed by atoms with Crippen molar-refractivity contribution < 1.29 is 4.79 Å². The number of aryl methyl sites for hydroxylation is 1. The van der Waals surface area contributed by atoms with Crippen LogP contribution in [-0.4, -0.2) is 46.6 Å². The average Bonchev–Trinajstić information content (AvgIpc) is 3.38. The molecule has 1 aromatic carbocycles. The molecule has 0 spiro atoms. The van der Waals surface area contributed by atoms with Gasteiger partial charge in [-0.2, -0.15) is 10.5 Å². The number of hydrogen-bond acceptors (Lipinski definition) is 7. The Labute approximate surface area is 213 Å². The first-order valence-electron chi connectivity index (χ1n) is 11.9. The number of nitrogens with one attached hydrogen (secondary N) is 2. The molecule has 3 aromatic rings. The second-order valence-corrected chi connectivity index (χ2v) is 9.97. The Morgan fingerprint density at radius 3 is 2.67 bits per heavy atom. The van der Waals surface area contributed by atoms with Gasteiger partial charge in [0.05, 0.1) is 11.6 Å². The van der Waals surface area contributed by atoms with Crippen molar-refractivity contribution in [3.63, 3.8) is 0 Å². The standard InChI is InChI=1S/C26H29N7O2S/c1-4-33-25(35)23(36-26(33)20(14-28)24(34)29-10-9-27)15-30-18-5-6-19-21(16-32(3)22(19)13-18)17-7-11-31(2)12-8-17/h5-6,13,15-17,30H,4,7-8,10-12H2,1-3H3,(H,29,34)/b23-15+,26-20-. The second-order valence-electron chi connectivity index (χ2n) is 8.94. The van der Waals surface area contributed by atoms with Crippen LogP contribution in [0.15, 0.2) is 29.2 Å². The summed E-state index contributed by atoms with van der Waals surface area (Å²) in [4.78, 5) is 27.7. The Morgan fingerprint density at radius 2 is 2.00 bits per heavy atom. The van der Waals surface area contributed by atoms with Gasteiger partial charge in [-0.25, -0.2) is 0 Å². The van der Waals surface area contributed by atoms with Crippen LogP contribution in [0.25, 0.3) is 22.7 Å². The smallest absolute Gasteiger partial charge is 0.270 e. The van der Waals surface area contributed by atoms with Crippen molar-refractivity contribution in [1.29, 1.82) is 10.5 Å². The first-order valence-corrected chi connectivity index (χ1v) is 12.7. The molecule has 0 unspecified atom stereocenters. The zero-order chi connectivity index (χ0) is 25.8. The molecule has 1 aliphatic rings. The van der Waals surface area contributed by atoms with Gasteiger partial charge in [-0.1, -0.05) is 6.07 Å². The van der Waals surface area contributed by atoms with Crippen molar-refractivity contribution in [3.05, 3.63) is 49.5 Å². The highest BCUT2D eigenvalue weighted by Gasteiger charge is 2.22. The van der Waals surface area contributed by atoms with E-state index in [2.05, 4.69) is 52.5 Å². The summed E-state index contributed by atoms with van der Waals surface area (Å²) in [6, 6.07) is 9.90. The van der Waals surface area contributed by atoms with Crippen molar-refractivity contribution >= 4 is 45.6 Å². The maximum atomic E-state index is 13.0. The van der Waals surface area contributed by atoms with Gasteiger partial charge in [-0.15, -0.1) is 11.3 Å². The van der Waals surface area contributed by atoms with Crippen molar-refractivity contribution in [2.75, 3.05) is 32.0 Å². The molecule has 9 nitrogen and oxygen atoms in total. The third kappa shape index (κ3) is 4.92. The van der Waals surface area contributed by atoms with E-state index in [9.17, 15) is 14.9 Å². The molecule has 2 N–H and O–H groups in total. The number of amides is 1. The maximum Gasteiger partial charge on any atom is 0.270 e. The zero-order valence-corrected chi connectivity index (χ0v) is 21.5. The van der Waals surface area contributed by atoms with E-state index < -0.39 is 5.91 Å². The highest BCUT2D eigenvalue weighted by atomic mass is 32.1. The van der Waals surface area contributed by atoms with Crippen LogP contribution in [-0.2, 0) is 18.4 Å². The Hall–Kier alpha value is -3.86. The lowest BCUT2D eigenvalue weighted by Crippen LogP contribution is -2.34. The quantitative estimate of drug-likeness (QED) is 0.491. The molecule has 0 aliphatic carbocycles. The van der Waals surface area contributed by atoms with Crippen LogP contribution in [0, 0.1) is 22.7 Å². The van der Waals surface area contributed by atoms with Crippen molar-refractivity contribution in [2.45, 2.75) is 32.2 Å². The summed E-state index contributed by atoms with van der Waals surface area (Å²) < 4.78 is 4.20. The van der Waals surface area contributed by atoms with Gasteiger partial charge in [0.25, 0.3) is 11.5 Å². The number of fused-ring (bicyclic) bond motifs is 1. The van der Waals surface area contributed by atoms with E-state index in [0.29, 0.717) is 17.0 Å². The fourth-order valence-electron chi connectivity index (χ4n) is 4.70. The minimum Gasteiger partial charge on any atom is -0.360 e.